The topological polar surface area (TPSA) is 45.6 Å². The number of hydrogen-bond donors (Lipinski definition) is 1. The molecule has 0 spiro atoms. The molecule has 1 saturated carbocycles. The third kappa shape index (κ3) is 3.92. The predicted molar refractivity (Wildman–Crippen MR) is 98.5 cm³/mol. The minimum absolute atomic E-state index is 0.345. The van der Waals surface area contributed by atoms with Crippen LogP contribution in [0.5, 0.6) is 0 Å². The fraction of sp³-hybridized carbons (Fsp3) is 0.842. The first-order valence-corrected chi connectivity index (χ1v) is 10.0. The number of morpholine rings is 1. The fourth-order valence-electron chi connectivity index (χ4n) is 4.99. The van der Waals surface area contributed by atoms with Gasteiger partial charge in [0.25, 0.3) is 0 Å². The third-order valence-corrected chi connectivity index (χ3v) is 6.18. The lowest BCUT2D eigenvalue weighted by molar-refractivity contribution is -0.0492. The van der Waals surface area contributed by atoms with Gasteiger partial charge in [-0.25, -0.2) is 0 Å². The molecule has 6 nitrogen and oxygen atoms in total. The van der Waals surface area contributed by atoms with Gasteiger partial charge in [0.05, 0.1) is 31.1 Å². The summed E-state index contributed by atoms with van der Waals surface area (Å²) in [6, 6.07) is 2.28. The van der Waals surface area contributed by atoms with E-state index in [9.17, 15) is 0 Å². The van der Waals surface area contributed by atoms with Crippen molar-refractivity contribution in [3.63, 3.8) is 0 Å². The lowest BCUT2D eigenvalue weighted by Crippen LogP contribution is -2.59. The Morgan fingerprint density at radius 3 is 2.76 bits per heavy atom. The summed E-state index contributed by atoms with van der Waals surface area (Å²) < 4.78 is 7.79. The summed E-state index contributed by atoms with van der Waals surface area (Å²) in [5, 5.41) is 8.25. The Kier molecular flexibility index (Phi) is 5.41. The molecule has 1 N–H and O–H groups in total. The number of aromatic nitrogens is 2. The highest BCUT2D eigenvalue weighted by Gasteiger charge is 2.39. The van der Waals surface area contributed by atoms with Gasteiger partial charge in [-0.1, -0.05) is 19.3 Å². The second-order valence-electron chi connectivity index (χ2n) is 8.08. The molecule has 1 saturated heterocycles. The van der Waals surface area contributed by atoms with Crippen LogP contribution >= 0.6 is 0 Å². The summed E-state index contributed by atoms with van der Waals surface area (Å²) in [7, 11) is 2.27. The van der Waals surface area contributed by atoms with E-state index in [1.54, 1.807) is 0 Å². The quantitative estimate of drug-likeness (QED) is 0.874. The molecule has 1 aliphatic carbocycles. The van der Waals surface area contributed by atoms with Crippen LogP contribution in [0.15, 0.2) is 6.07 Å². The molecule has 2 fully saturated rings. The van der Waals surface area contributed by atoms with E-state index in [1.807, 2.05) is 0 Å². The van der Waals surface area contributed by atoms with Crippen LogP contribution in [-0.2, 0) is 24.4 Å². The maximum atomic E-state index is 5.61. The smallest absolute Gasteiger partial charge is 0.0768 e. The maximum absolute atomic E-state index is 5.61. The second kappa shape index (κ2) is 7.74. The van der Waals surface area contributed by atoms with Crippen molar-refractivity contribution in [1.82, 2.24) is 24.9 Å². The highest BCUT2D eigenvalue weighted by molar-refractivity contribution is 5.12. The van der Waals surface area contributed by atoms with Gasteiger partial charge in [0.2, 0.25) is 0 Å². The van der Waals surface area contributed by atoms with Crippen LogP contribution in [0.3, 0.4) is 0 Å². The zero-order valence-corrected chi connectivity index (χ0v) is 15.7. The first-order chi connectivity index (χ1) is 12.3. The van der Waals surface area contributed by atoms with Gasteiger partial charge in [-0.05, 0) is 26.0 Å². The van der Waals surface area contributed by atoms with Crippen molar-refractivity contribution < 1.29 is 4.74 Å². The molecule has 4 rings (SSSR count). The van der Waals surface area contributed by atoms with Gasteiger partial charge in [-0.3, -0.25) is 14.5 Å². The Bertz CT molecular complexity index is 537. The van der Waals surface area contributed by atoms with Crippen molar-refractivity contribution in [1.29, 1.82) is 0 Å². The lowest BCUT2D eigenvalue weighted by Gasteiger charge is -2.49. The Morgan fingerprint density at radius 1 is 1.20 bits per heavy atom. The number of fused-ring (bicyclic) bond motifs is 1. The number of hydrogen-bond acceptors (Lipinski definition) is 5. The summed E-state index contributed by atoms with van der Waals surface area (Å²) in [6.07, 6.45) is 6.81. The Morgan fingerprint density at radius 2 is 2.00 bits per heavy atom. The predicted octanol–water partition coefficient (Wildman–Crippen LogP) is 1.45. The number of nitrogens with zero attached hydrogens (tertiary/aromatic N) is 4. The molecule has 25 heavy (non-hydrogen) atoms. The lowest BCUT2D eigenvalue weighted by atomic mass is 9.79. The Balaban J connectivity index is 1.42. The molecule has 3 aliphatic rings. The first kappa shape index (κ1) is 17.5. The van der Waals surface area contributed by atoms with E-state index in [1.165, 1.54) is 43.5 Å². The molecule has 0 radical (unpaired) electrons. The van der Waals surface area contributed by atoms with E-state index < -0.39 is 0 Å². The minimum atomic E-state index is 0.345. The van der Waals surface area contributed by atoms with Gasteiger partial charge >= 0.3 is 0 Å². The van der Waals surface area contributed by atoms with E-state index >= 15 is 0 Å². The molecule has 6 heteroatoms. The van der Waals surface area contributed by atoms with Gasteiger partial charge in [0.15, 0.2) is 0 Å². The molecule has 0 aromatic carbocycles. The third-order valence-electron chi connectivity index (χ3n) is 6.18. The summed E-state index contributed by atoms with van der Waals surface area (Å²) in [5.41, 5.74) is 2.89. The molecule has 2 aliphatic heterocycles. The van der Waals surface area contributed by atoms with Gasteiger partial charge in [0, 0.05) is 44.8 Å². The van der Waals surface area contributed by atoms with E-state index in [0.717, 1.165) is 59.0 Å². The number of nitrogens with one attached hydrogen (secondary N) is 1. The molecule has 1 aromatic rings. The average molecular weight is 348 g/mol. The first-order valence-electron chi connectivity index (χ1n) is 10.0. The molecule has 0 amide bonds. The van der Waals surface area contributed by atoms with Gasteiger partial charge < -0.3 is 10.1 Å². The molecular weight excluding hydrogens is 314 g/mol. The van der Waals surface area contributed by atoms with Gasteiger partial charge in [-0.2, -0.15) is 5.10 Å². The van der Waals surface area contributed by atoms with Gasteiger partial charge in [0.1, 0.15) is 0 Å². The molecule has 0 bridgehead atoms. The minimum Gasteiger partial charge on any atom is -0.379 e. The molecule has 140 valence electrons. The van der Waals surface area contributed by atoms with Crippen LogP contribution in [0, 0.1) is 0 Å². The van der Waals surface area contributed by atoms with Crippen LogP contribution in [0.25, 0.3) is 0 Å². The fourth-order valence-corrected chi connectivity index (χ4v) is 4.99. The molecule has 1 aromatic heterocycles. The number of rotatable bonds is 5. The second-order valence-corrected chi connectivity index (χ2v) is 8.08. The summed E-state index contributed by atoms with van der Waals surface area (Å²) in [4.78, 5) is 5.23. The Labute approximate surface area is 151 Å². The standard InChI is InChI=1S/C19H33N5O/c1-22(15-17-13-18-14-20-7-8-24(18)21-17)16-19(5-3-2-4-6-19)23-9-11-25-12-10-23/h13,20H,2-12,14-16H2,1H3. The van der Waals surface area contributed by atoms with Crippen LogP contribution in [-0.4, -0.2) is 71.6 Å². The van der Waals surface area contributed by atoms with Crippen molar-refractivity contribution in [2.24, 2.45) is 0 Å². The maximum Gasteiger partial charge on any atom is 0.0768 e. The molecule has 0 unspecified atom stereocenters. The zero-order chi connectivity index (χ0) is 17.1. The van der Waals surface area contributed by atoms with Crippen LogP contribution in [0.2, 0.25) is 0 Å². The van der Waals surface area contributed by atoms with Crippen molar-refractivity contribution in [2.75, 3.05) is 46.4 Å². The van der Waals surface area contributed by atoms with Crippen molar-refractivity contribution in [3.05, 3.63) is 17.5 Å². The highest BCUT2D eigenvalue weighted by atomic mass is 16.5. The van der Waals surface area contributed by atoms with Crippen LogP contribution < -0.4 is 5.32 Å². The molecular formula is C19H33N5O. The summed E-state index contributed by atoms with van der Waals surface area (Å²) in [6.45, 7) is 9.06. The summed E-state index contributed by atoms with van der Waals surface area (Å²) >= 11 is 0. The van der Waals surface area contributed by atoms with Crippen LogP contribution in [0.4, 0.5) is 0 Å². The Hall–Kier alpha value is -0.950. The SMILES string of the molecule is CN(Cc1cc2n(n1)CCNC2)CC1(N2CCOCC2)CCCCC1. The van der Waals surface area contributed by atoms with E-state index in [-0.39, 0.29) is 0 Å². The van der Waals surface area contributed by atoms with Crippen molar-refractivity contribution in [2.45, 2.75) is 57.3 Å². The van der Waals surface area contributed by atoms with Crippen molar-refractivity contribution >= 4 is 0 Å². The number of ether oxygens (including phenoxy) is 1. The van der Waals surface area contributed by atoms with E-state index in [4.69, 9.17) is 9.84 Å². The van der Waals surface area contributed by atoms with Gasteiger partial charge in [-0.15, -0.1) is 0 Å². The van der Waals surface area contributed by atoms with E-state index in [2.05, 4.69) is 32.9 Å². The van der Waals surface area contributed by atoms with Crippen LogP contribution in [0.1, 0.15) is 43.5 Å². The highest BCUT2D eigenvalue weighted by Crippen LogP contribution is 2.35. The molecule has 3 heterocycles. The zero-order valence-electron chi connectivity index (χ0n) is 15.7. The normalized spacial score (nSPS) is 24.4. The monoisotopic (exact) mass is 347 g/mol. The summed E-state index contributed by atoms with van der Waals surface area (Å²) in [5.74, 6) is 0. The average Bonchev–Trinajstić information content (AvgIpc) is 3.05. The van der Waals surface area contributed by atoms with E-state index in [0.29, 0.717) is 5.54 Å². The molecule has 0 atom stereocenters. The number of likely N-dealkylation sites (N-methyl/N-ethyl adjacent to an activating group) is 1. The largest absolute Gasteiger partial charge is 0.379 e. The van der Waals surface area contributed by atoms with Crippen molar-refractivity contribution in [3.8, 4) is 0 Å².